The van der Waals surface area contributed by atoms with Gasteiger partial charge in [0.1, 0.15) is 11.4 Å². The molecular weight excluding hydrogens is 370 g/mol. The molecule has 2 heterocycles. The lowest BCUT2D eigenvalue weighted by Crippen LogP contribution is -2.24. The summed E-state index contributed by atoms with van der Waals surface area (Å²) in [6, 6.07) is 11.2. The molecule has 0 bridgehead atoms. The van der Waals surface area contributed by atoms with Crippen molar-refractivity contribution in [2.24, 2.45) is 0 Å². The number of hydrogen-bond acceptors (Lipinski definition) is 5. The van der Waals surface area contributed by atoms with Gasteiger partial charge >= 0.3 is 0 Å². The summed E-state index contributed by atoms with van der Waals surface area (Å²) in [4.78, 5) is 20.5. The highest BCUT2D eigenvalue weighted by atomic mass is 35.5. The highest BCUT2D eigenvalue weighted by Crippen LogP contribution is 2.18. The molecule has 0 aliphatic heterocycles. The number of aryl methyl sites for hydroxylation is 2. The molecule has 8 heteroatoms. The highest BCUT2D eigenvalue weighted by molar-refractivity contribution is 7.99. The van der Waals surface area contributed by atoms with E-state index in [1.54, 1.807) is 16.8 Å². The summed E-state index contributed by atoms with van der Waals surface area (Å²) >= 11 is 7.21. The molecule has 3 rings (SSSR count). The van der Waals surface area contributed by atoms with Crippen LogP contribution in [0.5, 0.6) is 0 Å². The van der Waals surface area contributed by atoms with Crippen molar-refractivity contribution in [3.8, 4) is 5.82 Å². The number of benzene rings is 1. The molecular formula is C18H18ClN5OS. The van der Waals surface area contributed by atoms with E-state index in [0.717, 1.165) is 22.0 Å². The molecule has 0 aliphatic rings. The maximum atomic E-state index is 12.1. The first-order valence-electron chi connectivity index (χ1n) is 8.01. The van der Waals surface area contributed by atoms with E-state index in [1.165, 1.54) is 18.1 Å². The molecule has 0 aliphatic carbocycles. The molecule has 0 saturated carbocycles. The molecule has 1 N–H and O–H groups in total. The maximum Gasteiger partial charge on any atom is 0.230 e. The number of halogens is 1. The second-order valence-electron chi connectivity index (χ2n) is 5.75. The predicted molar refractivity (Wildman–Crippen MR) is 103 cm³/mol. The number of nitrogens with zero attached hydrogens (tertiary/aromatic N) is 4. The van der Waals surface area contributed by atoms with E-state index in [2.05, 4.69) is 20.4 Å². The monoisotopic (exact) mass is 387 g/mol. The number of carbonyl (C=O) groups excluding carboxylic acids is 1. The van der Waals surface area contributed by atoms with E-state index >= 15 is 0 Å². The summed E-state index contributed by atoms with van der Waals surface area (Å²) in [6.45, 7) is 4.38. The largest absolute Gasteiger partial charge is 0.351 e. The second-order valence-corrected chi connectivity index (χ2v) is 7.18. The van der Waals surface area contributed by atoms with E-state index in [-0.39, 0.29) is 11.7 Å². The standard InChI is InChI=1S/C18H18ClN5OS/c1-12-7-13(2)24(23-12)16-8-18(22-11-21-16)26-10-17(25)20-9-14-3-5-15(19)6-4-14/h3-8,11H,9-10H2,1-2H3,(H,20,25). The van der Waals surface area contributed by atoms with Crippen LogP contribution in [0.2, 0.25) is 5.02 Å². The quantitative estimate of drug-likeness (QED) is 0.518. The van der Waals surface area contributed by atoms with E-state index in [9.17, 15) is 4.79 Å². The molecule has 1 aromatic carbocycles. The fourth-order valence-corrected chi connectivity index (χ4v) is 3.20. The molecule has 134 valence electrons. The van der Waals surface area contributed by atoms with Crippen LogP contribution < -0.4 is 5.32 Å². The maximum absolute atomic E-state index is 12.1. The smallest absolute Gasteiger partial charge is 0.230 e. The van der Waals surface area contributed by atoms with Crippen molar-refractivity contribution in [1.29, 1.82) is 0 Å². The van der Waals surface area contributed by atoms with Crippen molar-refractivity contribution in [3.63, 3.8) is 0 Å². The van der Waals surface area contributed by atoms with Gasteiger partial charge in [-0.15, -0.1) is 0 Å². The number of rotatable bonds is 6. The summed E-state index contributed by atoms with van der Waals surface area (Å²) in [5.74, 6) is 0.909. The molecule has 3 aromatic rings. The van der Waals surface area contributed by atoms with Crippen molar-refractivity contribution in [1.82, 2.24) is 25.1 Å². The molecule has 0 unspecified atom stereocenters. The fourth-order valence-electron chi connectivity index (χ4n) is 2.38. The molecule has 1 amide bonds. The van der Waals surface area contributed by atoms with Crippen LogP contribution in [-0.4, -0.2) is 31.4 Å². The van der Waals surface area contributed by atoms with Gasteiger partial charge in [-0.05, 0) is 37.6 Å². The minimum Gasteiger partial charge on any atom is -0.351 e. The molecule has 26 heavy (non-hydrogen) atoms. The average Bonchev–Trinajstić information content (AvgIpc) is 2.98. The van der Waals surface area contributed by atoms with E-state index in [4.69, 9.17) is 11.6 Å². The van der Waals surface area contributed by atoms with Crippen molar-refractivity contribution < 1.29 is 4.79 Å². The summed E-state index contributed by atoms with van der Waals surface area (Å²) in [5, 5.41) is 8.70. The molecule has 6 nitrogen and oxygen atoms in total. The summed E-state index contributed by atoms with van der Waals surface area (Å²) in [5.41, 5.74) is 2.93. The highest BCUT2D eigenvalue weighted by Gasteiger charge is 2.08. The summed E-state index contributed by atoms with van der Waals surface area (Å²) in [7, 11) is 0. The lowest BCUT2D eigenvalue weighted by molar-refractivity contribution is -0.118. The van der Waals surface area contributed by atoms with Gasteiger partial charge in [-0.1, -0.05) is 35.5 Å². The van der Waals surface area contributed by atoms with Gasteiger partial charge in [-0.3, -0.25) is 4.79 Å². The van der Waals surface area contributed by atoms with Crippen molar-refractivity contribution in [3.05, 3.63) is 64.7 Å². The fraction of sp³-hybridized carbons (Fsp3) is 0.222. The molecule has 0 radical (unpaired) electrons. The molecule has 0 fully saturated rings. The van der Waals surface area contributed by atoms with Gasteiger partial charge in [0, 0.05) is 23.3 Å². The normalized spacial score (nSPS) is 10.7. The van der Waals surface area contributed by atoms with Crippen molar-refractivity contribution >= 4 is 29.3 Å². The Balaban J connectivity index is 1.56. The topological polar surface area (TPSA) is 72.7 Å². The first kappa shape index (κ1) is 18.4. The second kappa shape index (κ2) is 8.33. The Labute approximate surface area is 161 Å². The van der Waals surface area contributed by atoms with Crippen LogP contribution in [0.15, 0.2) is 47.8 Å². The van der Waals surface area contributed by atoms with Crippen LogP contribution in [0.4, 0.5) is 0 Å². The molecule has 0 saturated heterocycles. The van der Waals surface area contributed by atoms with E-state index in [0.29, 0.717) is 17.4 Å². The Morgan fingerprint density at radius 2 is 1.96 bits per heavy atom. The lowest BCUT2D eigenvalue weighted by atomic mass is 10.2. The zero-order chi connectivity index (χ0) is 18.5. The third-order valence-corrected chi connectivity index (χ3v) is 4.79. The Morgan fingerprint density at radius 1 is 1.19 bits per heavy atom. The van der Waals surface area contributed by atoms with Gasteiger partial charge in [-0.2, -0.15) is 5.10 Å². The Morgan fingerprint density at radius 3 is 2.65 bits per heavy atom. The predicted octanol–water partition coefficient (Wildman–Crippen LogP) is 3.34. The molecule has 2 aromatic heterocycles. The van der Waals surface area contributed by atoms with Gasteiger partial charge < -0.3 is 5.32 Å². The van der Waals surface area contributed by atoms with Gasteiger partial charge in [0.05, 0.1) is 11.4 Å². The Bertz CT molecular complexity index is 910. The summed E-state index contributed by atoms with van der Waals surface area (Å²) < 4.78 is 1.77. The number of amides is 1. The zero-order valence-corrected chi connectivity index (χ0v) is 16.0. The van der Waals surface area contributed by atoms with Crippen LogP contribution in [-0.2, 0) is 11.3 Å². The minimum atomic E-state index is -0.0590. The van der Waals surface area contributed by atoms with Crippen molar-refractivity contribution in [2.45, 2.75) is 25.4 Å². The summed E-state index contributed by atoms with van der Waals surface area (Å²) in [6.07, 6.45) is 1.49. The van der Waals surface area contributed by atoms with Gasteiger partial charge in [0.15, 0.2) is 5.82 Å². The average molecular weight is 388 g/mol. The number of nitrogens with one attached hydrogen (secondary N) is 1. The number of thioether (sulfide) groups is 1. The third kappa shape index (κ3) is 4.83. The minimum absolute atomic E-state index is 0.0590. The van der Waals surface area contributed by atoms with Crippen LogP contribution in [0.3, 0.4) is 0 Å². The SMILES string of the molecule is Cc1cc(C)n(-c2cc(SCC(=O)NCc3ccc(Cl)cc3)ncn2)n1. The number of carbonyl (C=O) groups is 1. The van der Waals surface area contributed by atoms with Crippen LogP contribution in [0.25, 0.3) is 5.82 Å². The first-order valence-corrected chi connectivity index (χ1v) is 9.37. The van der Waals surface area contributed by atoms with Gasteiger partial charge in [0.2, 0.25) is 5.91 Å². The zero-order valence-electron chi connectivity index (χ0n) is 14.4. The van der Waals surface area contributed by atoms with Crippen LogP contribution in [0, 0.1) is 13.8 Å². The van der Waals surface area contributed by atoms with E-state index in [1.807, 2.05) is 38.1 Å². The van der Waals surface area contributed by atoms with Gasteiger partial charge in [0.25, 0.3) is 0 Å². The first-order chi connectivity index (χ1) is 12.5. The lowest BCUT2D eigenvalue weighted by Gasteiger charge is -2.07. The van der Waals surface area contributed by atoms with Gasteiger partial charge in [-0.25, -0.2) is 14.6 Å². The number of aromatic nitrogens is 4. The van der Waals surface area contributed by atoms with Crippen LogP contribution in [0.1, 0.15) is 17.0 Å². The van der Waals surface area contributed by atoms with Crippen LogP contribution >= 0.6 is 23.4 Å². The Kier molecular flexibility index (Phi) is 5.90. The van der Waals surface area contributed by atoms with E-state index < -0.39 is 0 Å². The third-order valence-electron chi connectivity index (χ3n) is 3.61. The molecule has 0 atom stereocenters. The number of hydrogen-bond donors (Lipinski definition) is 1. The Hall–Kier alpha value is -2.38. The van der Waals surface area contributed by atoms with Crippen molar-refractivity contribution in [2.75, 3.05) is 5.75 Å². The molecule has 0 spiro atoms.